The third kappa shape index (κ3) is 2.89. The molecule has 21 heavy (non-hydrogen) atoms. The quantitative estimate of drug-likeness (QED) is 0.690. The van der Waals surface area contributed by atoms with E-state index in [4.69, 9.17) is 9.47 Å². The Kier molecular flexibility index (Phi) is 3.59. The van der Waals surface area contributed by atoms with E-state index in [1.807, 2.05) is 6.07 Å². The van der Waals surface area contributed by atoms with Gasteiger partial charge in [-0.15, -0.1) is 0 Å². The predicted octanol–water partition coefficient (Wildman–Crippen LogP) is 3.50. The summed E-state index contributed by atoms with van der Waals surface area (Å²) in [6.07, 6.45) is 0.835. The van der Waals surface area contributed by atoms with Gasteiger partial charge in [0.2, 0.25) is 0 Å². The lowest BCUT2D eigenvalue weighted by molar-refractivity contribution is -0.383. The Balaban J connectivity index is 1.89. The number of benzene rings is 2. The first kappa shape index (κ1) is 13.2. The van der Waals surface area contributed by atoms with E-state index >= 15 is 0 Å². The minimum absolute atomic E-state index is 0.0320. The highest BCUT2D eigenvalue weighted by atomic mass is 16.6. The van der Waals surface area contributed by atoms with Gasteiger partial charge in [-0.3, -0.25) is 10.1 Å². The highest BCUT2D eigenvalue weighted by molar-refractivity contribution is 5.70. The van der Waals surface area contributed by atoms with Crippen molar-refractivity contribution in [3.8, 4) is 11.5 Å². The van der Waals surface area contributed by atoms with Crippen molar-refractivity contribution in [2.75, 3.05) is 18.5 Å². The molecule has 0 aliphatic carbocycles. The molecule has 1 aliphatic heterocycles. The second-order valence-corrected chi connectivity index (χ2v) is 4.61. The van der Waals surface area contributed by atoms with E-state index in [1.165, 1.54) is 6.07 Å². The molecule has 0 atom stereocenters. The number of anilines is 2. The Morgan fingerprint density at radius 3 is 2.62 bits per heavy atom. The van der Waals surface area contributed by atoms with Crippen LogP contribution in [-0.4, -0.2) is 18.1 Å². The number of fused-ring (bicyclic) bond motifs is 1. The lowest BCUT2D eigenvalue weighted by atomic mass is 10.2. The smallest absolute Gasteiger partial charge is 0.292 e. The number of hydrogen-bond donors (Lipinski definition) is 1. The highest BCUT2D eigenvalue weighted by Crippen LogP contribution is 2.34. The zero-order valence-electron chi connectivity index (χ0n) is 11.2. The zero-order valence-corrected chi connectivity index (χ0v) is 11.2. The maximum Gasteiger partial charge on any atom is 0.292 e. The van der Waals surface area contributed by atoms with Crippen LogP contribution in [0.15, 0.2) is 42.5 Å². The molecule has 6 nitrogen and oxygen atoms in total. The number of nitrogens with one attached hydrogen (secondary N) is 1. The Labute approximate surface area is 121 Å². The second kappa shape index (κ2) is 5.70. The van der Waals surface area contributed by atoms with Gasteiger partial charge in [0, 0.05) is 24.2 Å². The summed E-state index contributed by atoms with van der Waals surface area (Å²) in [4.78, 5) is 10.6. The third-order valence-corrected chi connectivity index (χ3v) is 3.13. The molecule has 1 heterocycles. The molecular formula is C15H14N2O4. The van der Waals surface area contributed by atoms with Gasteiger partial charge < -0.3 is 14.8 Å². The molecule has 6 heteroatoms. The van der Waals surface area contributed by atoms with E-state index in [9.17, 15) is 10.1 Å². The molecular weight excluding hydrogens is 272 g/mol. The van der Waals surface area contributed by atoms with E-state index in [1.54, 1.807) is 30.3 Å². The first-order valence-electron chi connectivity index (χ1n) is 6.64. The van der Waals surface area contributed by atoms with Crippen molar-refractivity contribution in [3.05, 3.63) is 52.6 Å². The average molecular weight is 286 g/mol. The maximum atomic E-state index is 11.0. The molecule has 2 aromatic rings. The number of hydrogen-bond acceptors (Lipinski definition) is 5. The van der Waals surface area contributed by atoms with Crippen molar-refractivity contribution in [1.29, 1.82) is 0 Å². The first-order chi connectivity index (χ1) is 10.2. The van der Waals surface area contributed by atoms with Gasteiger partial charge in [-0.1, -0.05) is 12.1 Å². The summed E-state index contributed by atoms with van der Waals surface area (Å²) in [6, 6.07) is 11.9. The summed E-state index contributed by atoms with van der Waals surface area (Å²) in [5, 5.41) is 14.1. The average Bonchev–Trinajstić information content (AvgIpc) is 2.72. The maximum absolute atomic E-state index is 11.0. The van der Waals surface area contributed by atoms with Crippen molar-refractivity contribution in [2.45, 2.75) is 6.42 Å². The van der Waals surface area contributed by atoms with Gasteiger partial charge in [0.1, 0.15) is 5.69 Å². The van der Waals surface area contributed by atoms with E-state index in [0.29, 0.717) is 36.1 Å². The Morgan fingerprint density at radius 2 is 1.81 bits per heavy atom. The van der Waals surface area contributed by atoms with Crippen molar-refractivity contribution in [2.24, 2.45) is 0 Å². The molecule has 2 aromatic carbocycles. The van der Waals surface area contributed by atoms with Gasteiger partial charge in [-0.05, 0) is 18.2 Å². The van der Waals surface area contributed by atoms with E-state index < -0.39 is 4.92 Å². The molecule has 0 bridgehead atoms. The highest BCUT2D eigenvalue weighted by Gasteiger charge is 2.14. The second-order valence-electron chi connectivity index (χ2n) is 4.61. The number of nitro groups is 1. The lowest BCUT2D eigenvalue weighted by Crippen LogP contribution is -1.98. The van der Waals surface area contributed by atoms with Crippen LogP contribution in [0.3, 0.4) is 0 Å². The van der Waals surface area contributed by atoms with Crippen LogP contribution in [0, 0.1) is 10.1 Å². The normalized spacial score (nSPS) is 13.3. The van der Waals surface area contributed by atoms with Crippen LogP contribution in [0.5, 0.6) is 11.5 Å². The van der Waals surface area contributed by atoms with Crippen molar-refractivity contribution in [1.82, 2.24) is 0 Å². The number of para-hydroxylation sites is 2. The predicted molar refractivity (Wildman–Crippen MR) is 78.4 cm³/mol. The molecule has 1 N–H and O–H groups in total. The molecule has 3 rings (SSSR count). The fourth-order valence-corrected chi connectivity index (χ4v) is 2.14. The van der Waals surface area contributed by atoms with Crippen molar-refractivity contribution >= 4 is 17.1 Å². The minimum atomic E-state index is -0.411. The molecule has 0 spiro atoms. The number of nitro benzene ring substituents is 1. The molecule has 0 saturated heterocycles. The van der Waals surface area contributed by atoms with Gasteiger partial charge in [-0.2, -0.15) is 0 Å². The van der Waals surface area contributed by atoms with Gasteiger partial charge in [0.15, 0.2) is 11.5 Å². The van der Waals surface area contributed by atoms with Crippen LogP contribution in [-0.2, 0) is 0 Å². The van der Waals surface area contributed by atoms with Crippen molar-refractivity contribution < 1.29 is 14.4 Å². The summed E-state index contributed by atoms with van der Waals surface area (Å²) in [7, 11) is 0. The van der Waals surface area contributed by atoms with Crippen LogP contribution < -0.4 is 14.8 Å². The number of nitrogens with zero attached hydrogens (tertiary/aromatic N) is 1. The van der Waals surface area contributed by atoms with Crippen LogP contribution in [0.1, 0.15) is 6.42 Å². The zero-order chi connectivity index (χ0) is 14.7. The summed E-state index contributed by atoms with van der Waals surface area (Å²) in [5.41, 5.74) is 1.19. The van der Waals surface area contributed by atoms with Crippen LogP contribution in [0.25, 0.3) is 0 Å². The lowest BCUT2D eigenvalue weighted by Gasteiger charge is -2.11. The largest absolute Gasteiger partial charge is 0.490 e. The molecule has 0 radical (unpaired) electrons. The summed E-state index contributed by atoms with van der Waals surface area (Å²) < 4.78 is 11.2. The van der Waals surface area contributed by atoms with E-state index in [0.717, 1.165) is 6.42 Å². The van der Waals surface area contributed by atoms with Gasteiger partial charge >= 0.3 is 0 Å². The van der Waals surface area contributed by atoms with Crippen molar-refractivity contribution in [3.63, 3.8) is 0 Å². The first-order valence-corrected chi connectivity index (χ1v) is 6.64. The fourth-order valence-electron chi connectivity index (χ4n) is 2.14. The molecule has 0 saturated carbocycles. The molecule has 0 unspecified atom stereocenters. The SMILES string of the molecule is O=[N+]([O-])c1ccccc1Nc1ccc2c(c1)OCCCO2. The third-order valence-electron chi connectivity index (χ3n) is 3.13. The summed E-state index contributed by atoms with van der Waals surface area (Å²) >= 11 is 0. The van der Waals surface area contributed by atoms with Gasteiger partial charge in [0.25, 0.3) is 5.69 Å². The topological polar surface area (TPSA) is 73.6 Å². The number of ether oxygens (including phenoxy) is 2. The number of rotatable bonds is 3. The molecule has 0 fully saturated rings. The van der Waals surface area contributed by atoms with Gasteiger partial charge in [-0.25, -0.2) is 0 Å². The van der Waals surface area contributed by atoms with E-state index in [-0.39, 0.29) is 5.69 Å². The Hall–Kier alpha value is -2.76. The Bertz CT molecular complexity index is 672. The van der Waals surface area contributed by atoms with Crippen LogP contribution in [0.4, 0.5) is 17.1 Å². The molecule has 0 amide bonds. The van der Waals surface area contributed by atoms with E-state index in [2.05, 4.69) is 5.32 Å². The summed E-state index contributed by atoms with van der Waals surface area (Å²) in [6.45, 7) is 1.23. The minimum Gasteiger partial charge on any atom is -0.490 e. The molecule has 1 aliphatic rings. The van der Waals surface area contributed by atoms with Crippen LogP contribution in [0.2, 0.25) is 0 Å². The Morgan fingerprint density at radius 1 is 1.05 bits per heavy atom. The standard InChI is InChI=1S/C15H14N2O4/c18-17(19)13-5-2-1-4-12(13)16-11-6-7-14-15(10-11)21-9-3-8-20-14/h1-2,4-7,10,16H,3,8-9H2. The fraction of sp³-hybridized carbons (Fsp3) is 0.200. The van der Waals surface area contributed by atoms with Crippen LogP contribution >= 0.6 is 0 Å². The summed E-state index contributed by atoms with van der Waals surface area (Å²) in [5.74, 6) is 1.34. The molecule has 0 aromatic heterocycles. The van der Waals surface area contributed by atoms with Gasteiger partial charge in [0.05, 0.1) is 18.1 Å². The monoisotopic (exact) mass is 286 g/mol. The molecule has 108 valence electrons.